The van der Waals surface area contributed by atoms with Gasteiger partial charge in [-0.25, -0.2) is 0 Å². The first kappa shape index (κ1) is 12.8. The molecular weight excluding hydrogens is 274 g/mol. The summed E-state index contributed by atoms with van der Waals surface area (Å²) in [4.78, 5) is 16.9. The Hall–Kier alpha value is -2.88. The molecule has 0 radical (unpaired) electrons. The summed E-state index contributed by atoms with van der Waals surface area (Å²) in [7, 11) is 0. The first-order valence-electron chi connectivity index (χ1n) is 7.30. The van der Waals surface area contributed by atoms with Gasteiger partial charge in [0.05, 0.1) is 11.2 Å². The molecule has 1 amide bonds. The Morgan fingerprint density at radius 1 is 1.09 bits per heavy atom. The minimum Gasteiger partial charge on any atom is -0.373 e. The molecule has 0 aliphatic carbocycles. The molecule has 1 aliphatic rings. The van der Waals surface area contributed by atoms with Crippen LogP contribution < -0.4 is 10.6 Å². The molecule has 0 saturated heterocycles. The number of para-hydroxylation sites is 2. The summed E-state index contributed by atoms with van der Waals surface area (Å²) in [5.74, 6) is -0.0330. The SMILES string of the molecule is O=C(Nc1cccc2cccnc12)C1Cc2ccccc2N1. The quantitative estimate of drug-likeness (QED) is 0.761. The van der Waals surface area contributed by atoms with E-state index in [9.17, 15) is 4.79 Å². The van der Waals surface area contributed by atoms with Crippen molar-refractivity contribution in [1.29, 1.82) is 0 Å². The average molecular weight is 289 g/mol. The summed E-state index contributed by atoms with van der Waals surface area (Å²) in [5.41, 5.74) is 3.78. The molecule has 0 saturated carbocycles. The fourth-order valence-corrected chi connectivity index (χ4v) is 2.88. The Morgan fingerprint density at radius 2 is 1.95 bits per heavy atom. The lowest BCUT2D eigenvalue weighted by Crippen LogP contribution is -2.32. The zero-order chi connectivity index (χ0) is 14.9. The molecule has 2 N–H and O–H groups in total. The van der Waals surface area contributed by atoms with Gasteiger partial charge in [-0.2, -0.15) is 0 Å². The normalized spacial score (nSPS) is 16.1. The van der Waals surface area contributed by atoms with Crippen molar-refractivity contribution < 1.29 is 4.79 Å². The first-order valence-corrected chi connectivity index (χ1v) is 7.30. The first-order chi connectivity index (χ1) is 10.8. The summed E-state index contributed by atoms with van der Waals surface area (Å²) in [6.07, 6.45) is 2.45. The molecule has 0 spiro atoms. The molecule has 1 aromatic heterocycles. The van der Waals surface area contributed by atoms with Crippen molar-refractivity contribution in [2.45, 2.75) is 12.5 Å². The zero-order valence-corrected chi connectivity index (χ0v) is 11.9. The highest BCUT2D eigenvalue weighted by molar-refractivity contribution is 6.03. The number of carbonyl (C=O) groups is 1. The average Bonchev–Trinajstić information content (AvgIpc) is 2.99. The monoisotopic (exact) mass is 289 g/mol. The molecule has 108 valence electrons. The van der Waals surface area contributed by atoms with Crippen LogP contribution in [0.5, 0.6) is 0 Å². The highest BCUT2D eigenvalue weighted by Gasteiger charge is 2.26. The van der Waals surface area contributed by atoms with Crippen LogP contribution >= 0.6 is 0 Å². The van der Waals surface area contributed by atoms with Crippen molar-refractivity contribution in [3.63, 3.8) is 0 Å². The van der Waals surface area contributed by atoms with Crippen molar-refractivity contribution in [3.8, 4) is 0 Å². The summed E-state index contributed by atoms with van der Waals surface area (Å²) < 4.78 is 0. The van der Waals surface area contributed by atoms with Crippen LogP contribution in [0.4, 0.5) is 11.4 Å². The highest BCUT2D eigenvalue weighted by atomic mass is 16.2. The van der Waals surface area contributed by atoms with Gasteiger partial charge in [0.15, 0.2) is 0 Å². The number of aromatic nitrogens is 1. The van der Waals surface area contributed by atoms with Crippen LogP contribution in [0.2, 0.25) is 0 Å². The number of fused-ring (bicyclic) bond motifs is 2. The molecule has 2 heterocycles. The molecule has 0 fully saturated rings. The number of nitrogens with one attached hydrogen (secondary N) is 2. The second-order valence-corrected chi connectivity index (χ2v) is 5.43. The van der Waals surface area contributed by atoms with E-state index in [-0.39, 0.29) is 11.9 Å². The minimum atomic E-state index is -0.239. The van der Waals surface area contributed by atoms with Crippen LogP contribution in [0, 0.1) is 0 Å². The van der Waals surface area contributed by atoms with Crippen LogP contribution in [0.25, 0.3) is 10.9 Å². The van der Waals surface area contributed by atoms with Gasteiger partial charge >= 0.3 is 0 Å². The number of hydrogen-bond acceptors (Lipinski definition) is 3. The van der Waals surface area contributed by atoms with E-state index >= 15 is 0 Å². The summed E-state index contributed by atoms with van der Waals surface area (Å²) in [6, 6.07) is 17.5. The molecule has 2 aromatic carbocycles. The van der Waals surface area contributed by atoms with Gasteiger partial charge in [-0.1, -0.05) is 36.4 Å². The molecule has 1 atom stereocenters. The van der Waals surface area contributed by atoms with Gasteiger partial charge in [0.2, 0.25) is 5.91 Å². The number of benzene rings is 2. The van der Waals surface area contributed by atoms with E-state index in [4.69, 9.17) is 0 Å². The fourth-order valence-electron chi connectivity index (χ4n) is 2.88. The molecule has 3 aromatic rings. The van der Waals surface area contributed by atoms with E-state index in [1.807, 2.05) is 48.5 Å². The van der Waals surface area contributed by atoms with Crippen LogP contribution in [-0.2, 0) is 11.2 Å². The maximum atomic E-state index is 12.5. The van der Waals surface area contributed by atoms with Gasteiger partial charge in [-0.15, -0.1) is 0 Å². The predicted molar refractivity (Wildman–Crippen MR) is 87.9 cm³/mol. The Bertz CT molecular complexity index is 829. The van der Waals surface area contributed by atoms with Crippen molar-refractivity contribution in [2.75, 3.05) is 10.6 Å². The van der Waals surface area contributed by atoms with Gasteiger partial charge in [-0.3, -0.25) is 9.78 Å². The predicted octanol–water partition coefficient (Wildman–Crippen LogP) is 3.21. The number of pyridine rings is 1. The lowest BCUT2D eigenvalue weighted by Gasteiger charge is -2.13. The Kier molecular flexibility index (Phi) is 3.00. The maximum absolute atomic E-state index is 12.5. The smallest absolute Gasteiger partial charge is 0.247 e. The molecule has 4 heteroatoms. The van der Waals surface area contributed by atoms with Gasteiger partial charge in [0, 0.05) is 23.7 Å². The van der Waals surface area contributed by atoms with E-state index in [2.05, 4.69) is 21.7 Å². The molecule has 22 heavy (non-hydrogen) atoms. The standard InChI is InChI=1S/C18H15N3O/c22-18(16-11-13-5-1-2-8-14(13)20-16)21-15-9-3-6-12-7-4-10-19-17(12)15/h1-10,16,20H,11H2,(H,21,22). The summed E-state index contributed by atoms with van der Waals surface area (Å²) in [5, 5.41) is 7.28. The van der Waals surface area contributed by atoms with E-state index in [0.29, 0.717) is 6.42 Å². The zero-order valence-electron chi connectivity index (χ0n) is 11.9. The number of nitrogens with zero attached hydrogens (tertiary/aromatic N) is 1. The molecule has 1 aliphatic heterocycles. The number of hydrogen-bond donors (Lipinski definition) is 2. The van der Waals surface area contributed by atoms with Crippen LogP contribution in [0.15, 0.2) is 60.8 Å². The van der Waals surface area contributed by atoms with E-state index in [1.54, 1.807) is 6.20 Å². The minimum absolute atomic E-state index is 0.0330. The van der Waals surface area contributed by atoms with E-state index < -0.39 is 0 Å². The van der Waals surface area contributed by atoms with Gasteiger partial charge in [0.25, 0.3) is 0 Å². The number of anilines is 2. The number of carbonyl (C=O) groups excluding carboxylic acids is 1. The summed E-state index contributed by atoms with van der Waals surface area (Å²) >= 11 is 0. The second-order valence-electron chi connectivity index (χ2n) is 5.43. The van der Waals surface area contributed by atoms with Gasteiger partial charge in [0.1, 0.15) is 6.04 Å². The third-order valence-corrected chi connectivity index (χ3v) is 3.98. The molecule has 0 bridgehead atoms. The lowest BCUT2D eigenvalue weighted by atomic mass is 10.1. The van der Waals surface area contributed by atoms with Crippen molar-refractivity contribution >= 4 is 28.2 Å². The van der Waals surface area contributed by atoms with Crippen LogP contribution in [0.1, 0.15) is 5.56 Å². The number of amides is 1. The van der Waals surface area contributed by atoms with Crippen molar-refractivity contribution in [2.24, 2.45) is 0 Å². The molecule has 4 nitrogen and oxygen atoms in total. The Balaban J connectivity index is 1.58. The number of rotatable bonds is 2. The fraction of sp³-hybridized carbons (Fsp3) is 0.111. The second kappa shape index (κ2) is 5.15. The Labute approximate surface area is 128 Å². The van der Waals surface area contributed by atoms with Gasteiger partial charge in [-0.05, 0) is 23.8 Å². The maximum Gasteiger partial charge on any atom is 0.247 e. The van der Waals surface area contributed by atoms with Crippen molar-refractivity contribution in [3.05, 3.63) is 66.4 Å². The topological polar surface area (TPSA) is 54.0 Å². The third kappa shape index (κ3) is 2.19. The third-order valence-electron chi connectivity index (χ3n) is 3.98. The largest absolute Gasteiger partial charge is 0.373 e. The molecule has 1 unspecified atom stereocenters. The van der Waals surface area contributed by atoms with Crippen molar-refractivity contribution in [1.82, 2.24) is 4.98 Å². The summed E-state index contributed by atoms with van der Waals surface area (Å²) in [6.45, 7) is 0. The van der Waals surface area contributed by atoms with Gasteiger partial charge < -0.3 is 10.6 Å². The highest BCUT2D eigenvalue weighted by Crippen LogP contribution is 2.27. The van der Waals surface area contributed by atoms with E-state index in [0.717, 1.165) is 22.3 Å². The lowest BCUT2D eigenvalue weighted by molar-refractivity contribution is -0.116. The van der Waals surface area contributed by atoms with Crippen LogP contribution in [0.3, 0.4) is 0 Å². The molecule has 4 rings (SSSR count). The molecular formula is C18H15N3O. The van der Waals surface area contributed by atoms with E-state index in [1.165, 1.54) is 5.56 Å². The van der Waals surface area contributed by atoms with Crippen LogP contribution in [-0.4, -0.2) is 16.9 Å². The Morgan fingerprint density at radius 3 is 2.86 bits per heavy atom.